The molecule has 1 saturated heterocycles. The van der Waals surface area contributed by atoms with E-state index in [1.165, 1.54) is 0 Å². The number of aliphatic carboxylic acids is 1. The van der Waals surface area contributed by atoms with Crippen molar-refractivity contribution in [3.63, 3.8) is 0 Å². The molecular weight excluding hydrogens is 343 g/mol. The van der Waals surface area contributed by atoms with Crippen molar-refractivity contribution in [2.75, 3.05) is 13.1 Å². The zero-order valence-electron chi connectivity index (χ0n) is 11.5. The van der Waals surface area contributed by atoms with Crippen LogP contribution in [0.5, 0.6) is 0 Å². The van der Waals surface area contributed by atoms with Gasteiger partial charge in [-0.05, 0) is 24.5 Å². The molecule has 1 aromatic heterocycles. The highest BCUT2D eigenvalue weighted by Gasteiger charge is 2.39. The Kier molecular flexibility index (Phi) is 4.56. The summed E-state index contributed by atoms with van der Waals surface area (Å²) in [7, 11) is -4.11. The van der Waals surface area contributed by atoms with E-state index in [4.69, 9.17) is 5.11 Å². The molecule has 2 atom stereocenters. The quantitative estimate of drug-likeness (QED) is 0.902. The van der Waals surface area contributed by atoms with Gasteiger partial charge in [0.25, 0.3) is 10.0 Å². The Labute approximate surface area is 129 Å². The monoisotopic (exact) mass is 357 g/mol. The Bertz CT molecular complexity index is 668. The molecule has 2 heterocycles. The van der Waals surface area contributed by atoms with Crippen molar-refractivity contribution in [1.82, 2.24) is 4.31 Å². The van der Waals surface area contributed by atoms with Gasteiger partial charge in [0, 0.05) is 13.1 Å². The average molecular weight is 357 g/mol. The zero-order chi connectivity index (χ0) is 16.7. The van der Waals surface area contributed by atoms with Gasteiger partial charge < -0.3 is 5.11 Å². The Morgan fingerprint density at radius 1 is 1.36 bits per heavy atom. The van der Waals surface area contributed by atoms with Crippen LogP contribution in [0, 0.1) is 11.8 Å². The van der Waals surface area contributed by atoms with Gasteiger partial charge in [0.15, 0.2) is 0 Å². The lowest BCUT2D eigenvalue weighted by Gasteiger charge is -2.33. The van der Waals surface area contributed by atoms with Crippen LogP contribution >= 0.6 is 11.3 Å². The number of alkyl halides is 3. The van der Waals surface area contributed by atoms with Crippen molar-refractivity contribution < 1.29 is 31.5 Å². The summed E-state index contributed by atoms with van der Waals surface area (Å²) in [6, 6.07) is 1.64. The molecule has 1 aliphatic rings. The summed E-state index contributed by atoms with van der Waals surface area (Å²) in [5.74, 6) is -2.12. The molecule has 1 N–H and O–H groups in total. The van der Waals surface area contributed by atoms with E-state index in [2.05, 4.69) is 0 Å². The number of rotatable bonds is 3. The molecule has 0 aromatic carbocycles. The van der Waals surface area contributed by atoms with Crippen LogP contribution in [-0.4, -0.2) is 36.9 Å². The largest absolute Gasteiger partial charge is 0.481 e. The Morgan fingerprint density at radius 3 is 2.50 bits per heavy atom. The topological polar surface area (TPSA) is 74.7 Å². The van der Waals surface area contributed by atoms with Crippen LogP contribution in [0.3, 0.4) is 0 Å². The van der Waals surface area contributed by atoms with Crippen molar-refractivity contribution in [1.29, 1.82) is 0 Å². The molecule has 0 aliphatic carbocycles. The van der Waals surface area contributed by atoms with E-state index in [9.17, 15) is 26.4 Å². The van der Waals surface area contributed by atoms with E-state index >= 15 is 0 Å². The summed E-state index contributed by atoms with van der Waals surface area (Å²) in [5, 5.41) is 9.05. The van der Waals surface area contributed by atoms with Gasteiger partial charge in [-0.1, -0.05) is 6.92 Å². The first-order chi connectivity index (χ1) is 10.0. The first-order valence-corrected chi connectivity index (χ1v) is 8.67. The normalized spacial score (nSPS) is 24.4. The van der Waals surface area contributed by atoms with Crippen LogP contribution in [0.2, 0.25) is 0 Å². The van der Waals surface area contributed by atoms with Crippen LogP contribution in [0.25, 0.3) is 0 Å². The molecule has 0 amide bonds. The number of carboxylic acids is 1. The minimum atomic E-state index is -4.60. The third-order valence-corrected chi connectivity index (χ3v) is 6.86. The third kappa shape index (κ3) is 3.44. The number of carbonyl (C=O) groups is 1. The minimum absolute atomic E-state index is 0.103. The molecular formula is C12H14F3NO4S2. The van der Waals surface area contributed by atoms with E-state index < -0.39 is 37.2 Å². The average Bonchev–Trinajstić information content (AvgIpc) is 2.87. The molecule has 1 fully saturated rings. The maximum atomic E-state index is 12.6. The Balaban J connectivity index is 2.29. The summed E-state index contributed by atoms with van der Waals surface area (Å²) in [6.45, 7) is 1.60. The van der Waals surface area contributed by atoms with Crippen molar-refractivity contribution in [2.45, 2.75) is 23.7 Å². The number of hydrogen-bond donors (Lipinski definition) is 1. The van der Waals surface area contributed by atoms with Crippen molar-refractivity contribution in [3.05, 3.63) is 17.0 Å². The van der Waals surface area contributed by atoms with Gasteiger partial charge in [-0.3, -0.25) is 4.79 Å². The number of carboxylic acid groups (broad SMARTS) is 1. The van der Waals surface area contributed by atoms with Gasteiger partial charge in [0.1, 0.15) is 9.09 Å². The third-order valence-electron chi connectivity index (χ3n) is 3.43. The van der Waals surface area contributed by atoms with Crippen molar-refractivity contribution in [2.24, 2.45) is 11.8 Å². The highest BCUT2D eigenvalue weighted by Crippen LogP contribution is 2.37. The van der Waals surface area contributed by atoms with E-state index in [-0.39, 0.29) is 30.3 Å². The molecule has 0 bridgehead atoms. The van der Waals surface area contributed by atoms with Crippen LogP contribution in [0.4, 0.5) is 13.2 Å². The van der Waals surface area contributed by atoms with Gasteiger partial charge in [-0.25, -0.2) is 8.42 Å². The fourth-order valence-electron chi connectivity index (χ4n) is 2.42. The molecule has 2 rings (SSSR count). The van der Waals surface area contributed by atoms with Crippen LogP contribution in [-0.2, 0) is 21.0 Å². The van der Waals surface area contributed by atoms with Crippen LogP contribution in [0.15, 0.2) is 16.3 Å². The summed E-state index contributed by atoms with van der Waals surface area (Å²) < 4.78 is 63.1. The van der Waals surface area contributed by atoms with Crippen molar-refractivity contribution >= 4 is 27.3 Å². The maximum Gasteiger partial charge on any atom is 0.425 e. The summed E-state index contributed by atoms with van der Waals surface area (Å²) in [5.41, 5.74) is 0. The van der Waals surface area contributed by atoms with E-state index in [1.54, 1.807) is 6.92 Å². The predicted molar refractivity (Wildman–Crippen MR) is 73.0 cm³/mol. The maximum absolute atomic E-state index is 12.6. The molecule has 124 valence electrons. The van der Waals surface area contributed by atoms with Crippen molar-refractivity contribution in [3.8, 4) is 0 Å². The number of nitrogens with zero attached hydrogens (tertiary/aromatic N) is 1. The van der Waals surface area contributed by atoms with E-state index in [1.807, 2.05) is 0 Å². The van der Waals surface area contributed by atoms with E-state index in [0.29, 0.717) is 6.42 Å². The molecule has 0 radical (unpaired) electrons. The number of halogens is 3. The molecule has 0 spiro atoms. The van der Waals surface area contributed by atoms with Gasteiger partial charge in [-0.2, -0.15) is 17.5 Å². The number of sulfonamides is 1. The molecule has 1 aliphatic heterocycles. The SMILES string of the molecule is CC1CC(C(=O)O)CN(S(=O)(=O)c2ccc(C(F)(F)F)s2)C1. The van der Waals surface area contributed by atoms with Crippen LogP contribution < -0.4 is 0 Å². The Hall–Kier alpha value is -1.13. The van der Waals surface area contributed by atoms with Crippen LogP contribution in [0.1, 0.15) is 18.2 Å². The minimum Gasteiger partial charge on any atom is -0.481 e. The smallest absolute Gasteiger partial charge is 0.425 e. The highest BCUT2D eigenvalue weighted by molar-refractivity contribution is 7.91. The lowest BCUT2D eigenvalue weighted by molar-refractivity contribution is -0.143. The van der Waals surface area contributed by atoms with E-state index in [0.717, 1.165) is 16.4 Å². The molecule has 1 aromatic rings. The lowest BCUT2D eigenvalue weighted by Crippen LogP contribution is -2.45. The first kappa shape index (κ1) is 17.2. The number of thiophene rings is 1. The number of hydrogen-bond acceptors (Lipinski definition) is 4. The zero-order valence-corrected chi connectivity index (χ0v) is 13.1. The molecule has 22 heavy (non-hydrogen) atoms. The lowest BCUT2D eigenvalue weighted by atomic mass is 9.92. The molecule has 10 heteroatoms. The fourth-order valence-corrected chi connectivity index (χ4v) is 5.35. The van der Waals surface area contributed by atoms with Gasteiger partial charge in [-0.15, -0.1) is 11.3 Å². The second kappa shape index (κ2) is 5.82. The second-order valence-corrected chi connectivity index (χ2v) is 8.56. The second-order valence-electron chi connectivity index (χ2n) is 5.31. The summed E-state index contributed by atoms with van der Waals surface area (Å²) >= 11 is 0.149. The molecule has 0 saturated carbocycles. The highest BCUT2D eigenvalue weighted by atomic mass is 32.2. The number of piperidine rings is 1. The van der Waals surface area contributed by atoms with Gasteiger partial charge in [0.2, 0.25) is 0 Å². The first-order valence-electron chi connectivity index (χ1n) is 6.42. The Morgan fingerprint density at radius 2 is 2.00 bits per heavy atom. The molecule has 2 unspecified atom stereocenters. The van der Waals surface area contributed by atoms with Gasteiger partial charge in [0.05, 0.1) is 5.92 Å². The standard InChI is InChI=1S/C12H14F3NO4S2/c1-7-4-8(11(17)18)6-16(5-7)22(19,20)10-3-2-9(21-10)12(13,14)15/h2-3,7-8H,4-6H2,1H3,(H,17,18). The summed E-state index contributed by atoms with van der Waals surface area (Å²) in [6.07, 6.45) is -4.25. The molecule has 5 nitrogen and oxygen atoms in total. The van der Waals surface area contributed by atoms with Gasteiger partial charge >= 0.3 is 12.1 Å². The fraction of sp³-hybridized carbons (Fsp3) is 0.583. The predicted octanol–water partition coefficient (Wildman–Crippen LogP) is 2.50. The summed E-state index contributed by atoms with van der Waals surface area (Å²) in [4.78, 5) is 10.1.